The summed E-state index contributed by atoms with van der Waals surface area (Å²) < 4.78 is 5.30. The molecule has 0 radical (unpaired) electrons. The SMILES string of the molecule is C1CCCC([C@H]2CO2)CC1. The highest BCUT2D eigenvalue weighted by molar-refractivity contribution is 4.80. The Morgan fingerprint density at radius 2 is 1.50 bits per heavy atom. The lowest BCUT2D eigenvalue weighted by molar-refractivity contribution is 0.305. The summed E-state index contributed by atoms with van der Waals surface area (Å²) >= 11 is 0. The Balaban J connectivity index is 1.81. The molecule has 1 saturated carbocycles. The van der Waals surface area contributed by atoms with Crippen LogP contribution in [0.25, 0.3) is 0 Å². The lowest BCUT2D eigenvalue weighted by atomic mass is 9.97. The molecule has 0 N–H and O–H groups in total. The van der Waals surface area contributed by atoms with Crippen molar-refractivity contribution in [3.05, 3.63) is 0 Å². The lowest BCUT2D eigenvalue weighted by Crippen LogP contribution is -2.05. The molecule has 0 bridgehead atoms. The largest absolute Gasteiger partial charge is 0.373 e. The van der Waals surface area contributed by atoms with Gasteiger partial charge in [-0.1, -0.05) is 25.7 Å². The third-order valence-electron chi connectivity index (χ3n) is 2.78. The van der Waals surface area contributed by atoms with Crippen molar-refractivity contribution in [3.63, 3.8) is 0 Å². The fourth-order valence-corrected chi connectivity index (χ4v) is 2.01. The third kappa shape index (κ3) is 1.51. The van der Waals surface area contributed by atoms with Crippen LogP contribution >= 0.6 is 0 Å². The van der Waals surface area contributed by atoms with E-state index in [4.69, 9.17) is 4.74 Å². The summed E-state index contributed by atoms with van der Waals surface area (Å²) in [6, 6.07) is 0. The van der Waals surface area contributed by atoms with E-state index < -0.39 is 0 Å². The van der Waals surface area contributed by atoms with Crippen LogP contribution in [-0.4, -0.2) is 12.7 Å². The monoisotopic (exact) mass is 140 g/mol. The Kier molecular flexibility index (Phi) is 1.94. The van der Waals surface area contributed by atoms with E-state index in [0.29, 0.717) is 6.10 Å². The lowest BCUT2D eigenvalue weighted by Gasteiger charge is -2.08. The van der Waals surface area contributed by atoms with Gasteiger partial charge in [0.2, 0.25) is 0 Å². The predicted octanol–water partition coefficient (Wildman–Crippen LogP) is 2.36. The molecule has 58 valence electrons. The molecule has 2 rings (SSSR count). The summed E-state index contributed by atoms with van der Waals surface area (Å²) in [5.41, 5.74) is 0. The van der Waals surface area contributed by atoms with Gasteiger partial charge < -0.3 is 4.74 Å². The Morgan fingerprint density at radius 1 is 0.900 bits per heavy atom. The highest BCUT2D eigenvalue weighted by Crippen LogP contribution is 2.32. The Bertz CT molecular complexity index is 99.3. The summed E-state index contributed by atoms with van der Waals surface area (Å²) in [6.07, 6.45) is 9.37. The van der Waals surface area contributed by atoms with Crippen LogP contribution in [0.2, 0.25) is 0 Å². The minimum Gasteiger partial charge on any atom is -0.373 e. The molecule has 1 heteroatoms. The molecule has 1 heterocycles. The van der Waals surface area contributed by atoms with E-state index in [9.17, 15) is 0 Å². The highest BCUT2D eigenvalue weighted by Gasteiger charge is 2.32. The zero-order valence-corrected chi connectivity index (χ0v) is 6.51. The number of hydrogen-bond acceptors (Lipinski definition) is 1. The second kappa shape index (κ2) is 2.91. The van der Waals surface area contributed by atoms with Gasteiger partial charge in [0, 0.05) is 0 Å². The quantitative estimate of drug-likeness (QED) is 0.402. The van der Waals surface area contributed by atoms with Crippen molar-refractivity contribution in [2.75, 3.05) is 6.61 Å². The average Bonchev–Trinajstić information content (AvgIpc) is 2.76. The van der Waals surface area contributed by atoms with Crippen LogP contribution in [-0.2, 0) is 4.74 Å². The smallest absolute Gasteiger partial charge is 0.0838 e. The minimum absolute atomic E-state index is 0.679. The van der Waals surface area contributed by atoms with Crippen LogP contribution < -0.4 is 0 Å². The molecule has 0 aromatic rings. The van der Waals surface area contributed by atoms with Crippen molar-refractivity contribution in [3.8, 4) is 0 Å². The third-order valence-corrected chi connectivity index (χ3v) is 2.78. The van der Waals surface area contributed by atoms with Gasteiger partial charge in [0.1, 0.15) is 0 Å². The first kappa shape index (κ1) is 6.66. The predicted molar refractivity (Wildman–Crippen MR) is 40.9 cm³/mol. The standard InChI is InChI=1S/C9H16O/c1-2-4-6-8(5-3-1)9-7-10-9/h8-9H,1-7H2/t9-/m1/s1. The second-order valence-corrected chi connectivity index (χ2v) is 3.62. The second-order valence-electron chi connectivity index (χ2n) is 3.62. The number of hydrogen-bond donors (Lipinski definition) is 0. The van der Waals surface area contributed by atoms with E-state index >= 15 is 0 Å². The van der Waals surface area contributed by atoms with E-state index in [2.05, 4.69) is 0 Å². The van der Waals surface area contributed by atoms with Gasteiger partial charge >= 0.3 is 0 Å². The summed E-state index contributed by atoms with van der Waals surface area (Å²) in [5.74, 6) is 0.933. The molecule has 1 atom stereocenters. The van der Waals surface area contributed by atoms with Crippen LogP contribution in [0.5, 0.6) is 0 Å². The molecule has 0 spiro atoms. The fourth-order valence-electron chi connectivity index (χ4n) is 2.01. The van der Waals surface area contributed by atoms with Crippen LogP contribution in [0.1, 0.15) is 38.5 Å². The minimum atomic E-state index is 0.679. The summed E-state index contributed by atoms with van der Waals surface area (Å²) in [6.45, 7) is 1.06. The molecule has 1 saturated heterocycles. The zero-order chi connectivity index (χ0) is 6.81. The fraction of sp³-hybridized carbons (Fsp3) is 1.00. The van der Waals surface area contributed by atoms with Gasteiger partial charge in [0.05, 0.1) is 12.7 Å². The van der Waals surface area contributed by atoms with E-state index in [0.717, 1.165) is 12.5 Å². The van der Waals surface area contributed by atoms with Gasteiger partial charge in [-0.25, -0.2) is 0 Å². The first-order chi connectivity index (χ1) is 4.97. The van der Waals surface area contributed by atoms with Crippen molar-refractivity contribution in [2.24, 2.45) is 5.92 Å². The molecule has 0 aromatic carbocycles. The van der Waals surface area contributed by atoms with Crippen molar-refractivity contribution >= 4 is 0 Å². The van der Waals surface area contributed by atoms with Crippen LogP contribution in [0, 0.1) is 5.92 Å². The zero-order valence-electron chi connectivity index (χ0n) is 6.51. The molecule has 0 aromatic heterocycles. The summed E-state index contributed by atoms with van der Waals surface area (Å²) in [5, 5.41) is 0. The first-order valence-electron chi connectivity index (χ1n) is 4.58. The molecule has 1 aliphatic heterocycles. The Morgan fingerprint density at radius 3 is 2.00 bits per heavy atom. The summed E-state index contributed by atoms with van der Waals surface area (Å²) in [7, 11) is 0. The van der Waals surface area contributed by atoms with Gasteiger partial charge in [-0.3, -0.25) is 0 Å². The Hall–Kier alpha value is -0.0400. The van der Waals surface area contributed by atoms with Gasteiger partial charge in [-0.15, -0.1) is 0 Å². The maximum atomic E-state index is 5.30. The first-order valence-corrected chi connectivity index (χ1v) is 4.58. The Labute approximate surface area is 62.8 Å². The molecular weight excluding hydrogens is 124 g/mol. The topological polar surface area (TPSA) is 12.5 Å². The number of epoxide rings is 1. The van der Waals surface area contributed by atoms with Crippen molar-refractivity contribution in [1.82, 2.24) is 0 Å². The molecular formula is C9H16O. The van der Waals surface area contributed by atoms with Crippen molar-refractivity contribution in [1.29, 1.82) is 0 Å². The van der Waals surface area contributed by atoms with Crippen molar-refractivity contribution < 1.29 is 4.74 Å². The van der Waals surface area contributed by atoms with Crippen LogP contribution in [0.4, 0.5) is 0 Å². The summed E-state index contributed by atoms with van der Waals surface area (Å²) in [4.78, 5) is 0. The van der Waals surface area contributed by atoms with E-state index in [-0.39, 0.29) is 0 Å². The van der Waals surface area contributed by atoms with Crippen LogP contribution in [0.15, 0.2) is 0 Å². The molecule has 2 fully saturated rings. The van der Waals surface area contributed by atoms with Gasteiger partial charge in [0.15, 0.2) is 0 Å². The molecule has 0 amide bonds. The van der Waals surface area contributed by atoms with Gasteiger partial charge in [-0.2, -0.15) is 0 Å². The van der Waals surface area contributed by atoms with Gasteiger partial charge in [0.25, 0.3) is 0 Å². The van der Waals surface area contributed by atoms with Crippen LogP contribution in [0.3, 0.4) is 0 Å². The maximum Gasteiger partial charge on any atom is 0.0838 e. The normalized spacial score (nSPS) is 35.4. The molecule has 1 aliphatic carbocycles. The molecule has 10 heavy (non-hydrogen) atoms. The van der Waals surface area contributed by atoms with E-state index in [1.54, 1.807) is 0 Å². The molecule has 1 nitrogen and oxygen atoms in total. The van der Waals surface area contributed by atoms with Gasteiger partial charge in [-0.05, 0) is 18.8 Å². The van der Waals surface area contributed by atoms with E-state index in [1.807, 2.05) is 0 Å². The van der Waals surface area contributed by atoms with Crippen molar-refractivity contribution in [2.45, 2.75) is 44.6 Å². The molecule has 2 aliphatic rings. The maximum absolute atomic E-state index is 5.30. The highest BCUT2D eigenvalue weighted by atomic mass is 16.6. The van der Waals surface area contributed by atoms with E-state index in [1.165, 1.54) is 38.5 Å². The molecule has 0 unspecified atom stereocenters. The number of ether oxygens (including phenoxy) is 1. The average molecular weight is 140 g/mol. The number of rotatable bonds is 1.